The minimum atomic E-state index is -2.10. The zero-order valence-corrected chi connectivity index (χ0v) is 15.6. The summed E-state index contributed by atoms with van der Waals surface area (Å²) in [7, 11) is 0. The first-order valence-corrected chi connectivity index (χ1v) is 11.8. The number of benzene rings is 1. The van der Waals surface area contributed by atoms with Crippen LogP contribution in [0.4, 0.5) is 0 Å². The van der Waals surface area contributed by atoms with Crippen molar-refractivity contribution in [3.63, 3.8) is 0 Å². The quantitative estimate of drug-likeness (QED) is 0.373. The van der Waals surface area contributed by atoms with Gasteiger partial charge in [-0.1, -0.05) is 47.7 Å². The van der Waals surface area contributed by atoms with Gasteiger partial charge in [0.25, 0.3) is 0 Å². The van der Waals surface area contributed by atoms with E-state index >= 15 is 0 Å². The van der Waals surface area contributed by atoms with Gasteiger partial charge in [-0.2, -0.15) is 0 Å². The minimum Gasteiger partial charge on any atom is -0.325 e. The summed E-state index contributed by atoms with van der Waals surface area (Å²) in [6, 6.07) is 10.0. The Morgan fingerprint density at radius 2 is 2.18 bits per heavy atom. The Kier molecular flexibility index (Phi) is 4.59. The van der Waals surface area contributed by atoms with Crippen LogP contribution in [-0.4, -0.2) is 10.9 Å². The first kappa shape index (κ1) is 16.3. The predicted molar refractivity (Wildman–Crippen MR) is 101 cm³/mol. The lowest BCUT2D eigenvalue weighted by Gasteiger charge is -2.37. The normalized spacial score (nSPS) is 37.0. The van der Waals surface area contributed by atoms with Gasteiger partial charge in [0.05, 0.1) is 5.60 Å². The molecule has 2 aliphatic rings. The Hall–Kier alpha value is -0.520. The summed E-state index contributed by atoms with van der Waals surface area (Å²) in [6.07, 6.45) is 3.35. The fourth-order valence-corrected chi connectivity index (χ4v) is 9.86. The Bertz CT molecular complexity index is 688. The summed E-state index contributed by atoms with van der Waals surface area (Å²) in [5.41, 5.74) is 3.39. The van der Waals surface area contributed by atoms with Crippen LogP contribution >= 0.6 is 16.8 Å². The van der Waals surface area contributed by atoms with Crippen molar-refractivity contribution in [2.75, 3.05) is 0 Å². The third-order valence-corrected chi connectivity index (χ3v) is 10.2. The highest BCUT2D eigenvalue weighted by Crippen LogP contribution is 2.73. The summed E-state index contributed by atoms with van der Waals surface area (Å²) in [5, 5.41) is 0.457. The van der Waals surface area contributed by atoms with Crippen molar-refractivity contribution in [1.29, 1.82) is 0 Å². The van der Waals surface area contributed by atoms with E-state index < -0.39 is 5.47 Å². The lowest BCUT2D eigenvalue weighted by molar-refractivity contribution is 0.0686. The maximum Gasteiger partial charge on any atom is 0.192 e. The molecule has 2 fully saturated rings. The first-order valence-electron chi connectivity index (χ1n) is 7.63. The van der Waals surface area contributed by atoms with Gasteiger partial charge in [-0.3, -0.25) is 0 Å². The molecule has 1 aliphatic carbocycles. The molecule has 1 nitrogen and oxygen atoms in total. The van der Waals surface area contributed by atoms with Gasteiger partial charge >= 0.3 is 0 Å². The van der Waals surface area contributed by atoms with Gasteiger partial charge in [-0.15, -0.1) is 0 Å². The number of hydrogen-bond acceptors (Lipinski definition) is 3. The zero-order chi connectivity index (χ0) is 15.8. The van der Waals surface area contributed by atoms with E-state index in [4.69, 9.17) is 16.3 Å². The second-order valence-corrected chi connectivity index (χ2v) is 13.0. The average molecular weight is 348 g/mol. The molecule has 0 radical (unpaired) electrons. The van der Waals surface area contributed by atoms with Crippen molar-refractivity contribution >= 4 is 28.7 Å². The summed E-state index contributed by atoms with van der Waals surface area (Å²) >= 11 is 7.64. The van der Waals surface area contributed by atoms with Crippen molar-refractivity contribution in [1.82, 2.24) is 0 Å². The Morgan fingerprint density at radius 3 is 2.86 bits per heavy atom. The monoisotopic (exact) mass is 348 g/mol. The van der Waals surface area contributed by atoms with Crippen molar-refractivity contribution in [2.45, 2.75) is 44.0 Å². The van der Waals surface area contributed by atoms with Crippen molar-refractivity contribution in [3.8, 4) is 11.6 Å². The first-order chi connectivity index (χ1) is 10.4. The van der Waals surface area contributed by atoms with Crippen molar-refractivity contribution in [3.05, 3.63) is 48.0 Å². The smallest absolute Gasteiger partial charge is 0.192 e. The van der Waals surface area contributed by atoms with Crippen LogP contribution in [0.25, 0.3) is 0 Å². The molecule has 0 aromatic heterocycles. The third kappa shape index (κ3) is 3.36. The average Bonchev–Trinajstić information content (AvgIpc) is 2.76. The van der Waals surface area contributed by atoms with Gasteiger partial charge < -0.3 is 4.52 Å². The molecule has 0 unspecified atom stereocenters. The number of hydrogen-bond donors (Lipinski definition) is 0. The summed E-state index contributed by atoms with van der Waals surface area (Å²) in [5.74, 6) is 3.83. The molecule has 0 spiro atoms. The largest absolute Gasteiger partial charge is 0.325 e. The van der Waals surface area contributed by atoms with Crippen LogP contribution in [0.15, 0.2) is 42.5 Å². The maximum absolute atomic E-state index is 6.38. The molecule has 0 amide bonds. The van der Waals surface area contributed by atoms with Gasteiger partial charge in [0.2, 0.25) is 0 Å². The molecule has 1 heterocycles. The van der Waals surface area contributed by atoms with E-state index in [2.05, 4.69) is 32.0 Å². The molecular formula is C18H21OPS2. The molecule has 1 saturated carbocycles. The Morgan fingerprint density at radius 1 is 1.45 bits per heavy atom. The van der Waals surface area contributed by atoms with E-state index in [0.29, 0.717) is 11.2 Å². The summed E-state index contributed by atoms with van der Waals surface area (Å²) in [4.78, 5) is 0. The summed E-state index contributed by atoms with van der Waals surface area (Å²) < 4.78 is 6.38. The van der Waals surface area contributed by atoms with Crippen LogP contribution < -0.4 is 0 Å². The van der Waals surface area contributed by atoms with Gasteiger partial charge in [0.15, 0.2) is 5.47 Å². The standard InChI is InChI=1S/C18H21OPS2/c1-14(2)16-9-11-18(3)17(13-16)22-20(21,19-18)12-10-15-7-5-4-6-8-15/h4-8,16-17H,1,9,11,13H2,2-3H3/t16-,17+,18+,20+/m1/s1. The fraction of sp³-hybridized carbons (Fsp3) is 0.444. The molecule has 0 N–H and O–H groups in total. The molecule has 4 atom stereocenters. The minimum absolute atomic E-state index is 0.0997. The van der Waals surface area contributed by atoms with E-state index in [0.717, 1.165) is 24.8 Å². The second-order valence-electron chi connectivity index (χ2n) is 6.42. The van der Waals surface area contributed by atoms with Gasteiger partial charge in [0, 0.05) is 10.8 Å². The SMILES string of the molecule is C=C(C)[C@@H]1CC[C@]2(C)O[P@](=S)(C#Cc3ccccc3)S[C@H]2C1. The number of fused-ring (bicyclic) bond motifs is 1. The second kappa shape index (κ2) is 6.17. The topological polar surface area (TPSA) is 9.23 Å². The molecular weight excluding hydrogens is 327 g/mol. The Labute approximate surface area is 142 Å². The van der Waals surface area contributed by atoms with Gasteiger partial charge in [0.1, 0.15) is 0 Å². The predicted octanol–water partition coefficient (Wildman–Crippen LogP) is 5.57. The van der Waals surface area contributed by atoms with Crippen molar-refractivity contribution < 1.29 is 4.52 Å². The fourth-order valence-electron chi connectivity index (χ4n) is 3.12. The third-order valence-electron chi connectivity index (χ3n) is 4.57. The van der Waals surface area contributed by atoms with Gasteiger partial charge in [-0.25, -0.2) is 0 Å². The molecule has 1 aromatic rings. The van der Waals surface area contributed by atoms with Crippen LogP contribution in [-0.2, 0) is 16.3 Å². The molecule has 116 valence electrons. The molecule has 0 bridgehead atoms. The van der Waals surface area contributed by atoms with Crippen molar-refractivity contribution in [2.24, 2.45) is 5.92 Å². The lowest BCUT2D eigenvalue weighted by Crippen LogP contribution is -2.40. The van der Waals surface area contributed by atoms with Gasteiger partial charge in [-0.05, 0) is 68.6 Å². The number of rotatable bonds is 1. The summed E-state index contributed by atoms with van der Waals surface area (Å²) in [6.45, 7) is 8.49. The highest BCUT2D eigenvalue weighted by Gasteiger charge is 2.51. The molecule has 1 aromatic carbocycles. The maximum atomic E-state index is 6.38. The van der Waals surface area contributed by atoms with E-state index in [1.165, 1.54) is 5.57 Å². The molecule has 4 heteroatoms. The van der Waals surface area contributed by atoms with Crippen LogP contribution in [0, 0.1) is 17.5 Å². The van der Waals surface area contributed by atoms with Crippen LogP contribution in [0.2, 0.25) is 0 Å². The van der Waals surface area contributed by atoms with E-state index in [9.17, 15) is 0 Å². The van der Waals surface area contributed by atoms with Crippen LogP contribution in [0.3, 0.4) is 0 Å². The molecule has 1 aliphatic heterocycles. The molecule has 3 rings (SSSR count). The van der Waals surface area contributed by atoms with Crippen LogP contribution in [0.5, 0.6) is 0 Å². The zero-order valence-electron chi connectivity index (χ0n) is 13.0. The highest BCUT2D eigenvalue weighted by molar-refractivity contribution is 8.71. The van der Waals surface area contributed by atoms with E-state index in [1.54, 1.807) is 0 Å². The van der Waals surface area contributed by atoms with Crippen LogP contribution in [0.1, 0.15) is 38.7 Å². The highest BCUT2D eigenvalue weighted by atomic mass is 32.9. The molecule has 1 saturated heterocycles. The molecule has 22 heavy (non-hydrogen) atoms. The Balaban J connectivity index is 1.80. The number of allylic oxidation sites excluding steroid dienone is 1. The van der Waals surface area contributed by atoms with E-state index in [1.807, 2.05) is 41.7 Å². The lowest BCUT2D eigenvalue weighted by atomic mass is 9.77. The van der Waals surface area contributed by atoms with E-state index in [-0.39, 0.29) is 5.60 Å².